The molecule has 0 spiro atoms. The fraction of sp³-hybridized carbons (Fsp3) is 0. The summed E-state index contributed by atoms with van der Waals surface area (Å²) < 4.78 is 0. The van der Waals surface area contributed by atoms with Crippen molar-refractivity contribution in [3.05, 3.63) is 35.9 Å². The molecular weight excluding hydrogens is 97.1 g/mol. The van der Waals surface area contributed by atoms with E-state index in [4.69, 9.17) is 6.42 Å². The minimum Gasteiger partial charge on any atom is -0.115 e. The van der Waals surface area contributed by atoms with Crippen LogP contribution in [0.5, 0.6) is 0 Å². The Morgan fingerprint density at radius 3 is 2.12 bits per heavy atom. The smallest absolute Gasteiger partial charge is 0.0242 e. The molecule has 0 aliphatic heterocycles. The van der Waals surface area contributed by atoms with E-state index in [0.717, 1.165) is 5.56 Å². The summed E-state index contributed by atoms with van der Waals surface area (Å²) in [6.45, 7) is 0. The van der Waals surface area contributed by atoms with Crippen molar-refractivity contribution in [2.24, 2.45) is 0 Å². The second-order valence-electron chi connectivity index (χ2n) is 1.51. The highest BCUT2D eigenvalue weighted by atomic mass is 14.0. The Labute approximate surface area is 49.2 Å². The first-order chi connectivity index (χ1) is 3.93. The van der Waals surface area contributed by atoms with E-state index in [1.807, 2.05) is 30.3 Å². The lowest BCUT2D eigenvalue weighted by atomic mass is 10.3. The number of rotatable bonds is 0. The molecule has 1 rings (SSSR count). The molecule has 0 heterocycles. The Hall–Kier alpha value is -1.22. The molecule has 0 radical (unpaired) electrons. The summed E-state index contributed by atoms with van der Waals surface area (Å²) in [6, 6.07) is 9.60. The lowest BCUT2D eigenvalue weighted by Gasteiger charge is -1.82. The zero-order valence-electron chi connectivity index (χ0n) is 4.46. The van der Waals surface area contributed by atoms with Crippen molar-refractivity contribution in [3.8, 4) is 12.3 Å². The Kier molecular flexibility index (Phi) is 1.34. The topological polar surface area (TPSA) is 0 Å². The van der Waals surface area contributed by atoms with Crippen LogP contribution in [0.4, 0.5) is 0 Å². The molecular formula is C8H6. The van der Waals surface area contributed by atoms with E-state index in [-0.39, 0.29) is 0 Å². The molecule has 0 atom stereocenters. The first-order valence-corrected chi connectivity index (χ1v) is 2.45. The minimum atomic E-state index is 0.938. The molecule has 0 N–H and O–H groups in total. The summed E-state index contributed by atoms with van der Waals surface area (Å²) in [6.07, 6.45) is 5.10. The summed E-state index contributed by atoms with van der Waals surface area (Å²) >= 11 is 0. The van der Waals surface area contributed by atoms with Gasteiger partial charge in [-0.2, -0.15) is 0 Å². The van der Waals surface area contributed by atoms with Crippen molar-refractivity contribution in [1.29, 1.82) is 0 Å². The average Bonchev–Trinajstić information content (AvgIpc) is 1.90. The second kappa shape index (κ2) is 2.18. The Balaban J connectivity index is 3.05. The van der Waals surface area contributed by atoms with Gasteiger partial charge in [0, 0.05) is 5.56 Å². The lowest BCUT2D eigenvalue weighted by Crippen LogP contribution is -1.66. The third kappa shape index (κ3) is 0.886. The highest BCUT2D eigenvalue weighted by Gasteiger charge is 1.76. The number of hydrogen-bond donors (Lipinski definition) is 0. The van der Waals surface area contributed by atoms with Crippen molar-refractivity contribution >= 4 is 0 Å². The van der Waals surface area contributed by atoms with Crippen LogP contribution in [0.1, 0.15) is 5.56 Å². The van der Waals surface area contributed by atoms with Crippen LogP contribution in [-0.2, 0) is 0 Å². The molecule has 0 heteroatoms. The van der Waals surface area contributed by atoms with Gasteiger partial charge in [-0.15, -0.1) is 6.42 Å². The van der Waals surface area contributed by atoms with Gasteiger partial charge in [0.05, 0.1) is 0 Å². The van der Waals surface area contributed by atoms with Crippen LogP contribution in [0.2, 0.25) is 0 Å². The molecule has 0 unspecified atom stereocenters. The zero-order chi connectivity index (χ0) is 5.82. The molecule has 0 amide bonds. The summed E-state index contributed by atoms with van der Waals surface area (Å²) in [4.78, 5) is 0. The predicted octanol–water partition coefficient (Wildman–Crippen LogP) is 1.67. The van der Waals surface area contributed by atoms with Gasteiger partial charge in [-0.25, -0.2) is 0 Å². The minimum absolute atomic E-state index is 0.938. The van der Waals surface area contributed by atoms with Gasteiger partial charge in [0.1, 0.15) is 0 Å². The van der Waals surface area contributed by atoms with Crippen LogP contribution in [0, 0.1) is 12.3 Å². The molecule has 0 aliphatic carbocycles. The molecule has 0 bridgehead atoms. The molecule has 0 aliphatic rings. The summed E-state index contributed by atoms with van der Waals surface area (Å²) in [5.41, 5.74) is 0.938. The monoisotopic (exact) mass is 103 g/mol. The van der Waals surface area contributed by atoms with E-state index >= 15 is 0 Å². The van der Waals surface area contributed by atoms with Crippen molar-refractivity contribution in [2.75, 3.05) is 0 Å². The first-order valence-electron chi connectivity index (χ1n) is 2.45. The highest BCUT2D eigenvalue weighted by Crippen LogP contribution is 1.92. The zero-order valence-corrected chi connectivity index (χ0v) is 4.46. The Morgan fingerprint density at radius 2 is 1.75 bits per heavy atom. The van der Waals surface area contributed by atoms with E-state index < -0.39 is 0 Å². The summed E-state index contributed by atoms with van der Waals surface area (Å²) in [5, 5.41) is 0. The fourth-order valence-corrected chi connectivity index (χ4v) is 0.534. The van der Waals surface area contributed by atoms with Crippen LogP contribution in [0.15, 0.2) is 30.3 Å². The van der Waals surface area contributed by atoms with Gasteiger partial charge in [-0.1, -0.05) is 24.1 Å². The van der Waals surface area contributed by atoms with Crippen molar-refractivity contribution in [2.45, 2.75) is 0 Å². The van der Waals surface area contributed by atoms with Gasteiger partial charge in [-0.05, 0) is 12.1 Å². The second-order valence-corrected chi connectivity index (χ2v) is 1.51. The van der Waals surface area contributed by atoms with E-state index in [1.165, 1.54) is 0 Å². The van der Waals surface area contributed by atoms with Crippen LogP contribution in [-0.4, -0.2) is 0 Å². The molecule has 0 saturated carbocycles. The lowest BCUT2D eigenvalue weighted by molar-refractivity contribution is 1.65. The van der Waals surface area contributed by atoms with Crippen molar-refractivity contribution < 1.29 is 0 Å². The van der Waals surface area contributed by atoms with Crippen LogP contribution >= 0.6 is 0 Å². The average molecular weight is 103 g/mol. The third-order valence-corrected chi connectivity index (χ3v) is 0.940. The molecule has 0 fully saturated rings. The van der Waals surface area contributed by atoms with Crippen LogP contribution in [0.3, 0.4) is 0 Å². The highest BCUT2D eigenvalue weighted by molar-refractivity contribution is 5.30. The standard InChI is InChI=1S/C8H6/c1-2-8-6-4-3-5-7-8/h1,3-7H/i2+1. The van der Waals surface area contributed by atoms with Gasteiger partial charge in [-0.3, -0.25) is 0 Å². The Morgan fingerprint density at radius 1 is 1.12 bits per heavy atom. The summed E-state index contributed by atoms with van der Waals surface area (Å²) in [5.74, 6) is 2.53. The van der Waals surface area contributed by atoms with Crippen molar-refractivity contribution in [3.63, 3.8) is 0 Å². The van der Waals surface area contributed by atoms with E-state index in [1.54, 1.807) is 0 Å². The van der Waals surface area contributed by atoms with E-state index in [9.17, 15) is 0 Å². The molecule has 1 aromatic rings. The van der Waals surface area contributed by atoms with Crippen LogP contribution < -0.4 is 0 Å². The maximum Gasteiger partial charge on any atom is 0.0242 e. The number of benzene rings is 1. The quantitative estimate of drug-likeness (QED) is 0.346. The van der Waals surface area contributed by atoms with E-state index in [0.29, 0.717) is 0 Å². The number of terminal acetylenes is 1. The predicted molar refractivity (Wildman–Crippen MR) is 34.4 cm³/mol. The SMILES string of the molecule is C#[13C]c1ccccc1. The molecule has 8 heavy (non-hydrogen) atoms. The normalized spacial score (nSPS) is 7.88. The van der Waals surface area contributed by atoms with Gasteiger partial charge < -0.3 is 0 Å². The Bertz CT molecular complexity index is 191. The molecule has 0 nitrogen and oxygen atoms in total. The van der Waals surface area contributed by atoms with Crippen LogP contribution in [0.25, 0.3) is 0 Å². The van der Waals surface area contributed by atoms with Crippen molar-refractivity contribution in [1.82, 2.24) is 0 Å². The number of hydrogen-bond acceptors (Lipinski definition) is 0. The summed E-state index contributed by atoms with van der Waals surface area (Å²) in [7, 11) is 0. The van der Waals surface area contributed by atoms with Gasteiger partial charge >= 0.3 is 0 Å². The molecule has 0 saturated heterocycles. The molecule has 1 aromatic carbocycles. The largest absolute Gasteiger partial charge is 0.115 e. The maximum absolute atomic E-state index is 5.10. The van der Waals surface area contributed by atoms with Gasteiger partial charge in [0.15, 0.2) is 0 Å². The third-order valence-electron chi connectivity index (χ3n) is 0.940. The maximum atomic E-state index is 5.10. The van der Waals surface area contributed by atoms with Gasteiger partial charge in [0.25, 0.3) is 0 Å². The van der Waals surface area contributed by atoms with E-state index in [2.05, 4.69) is 5.92 Å². The molecule has 0 aromatic heterocycles. The fourth-order valence-electron chi connectivity index (χ4n) is 0.534. The first kappa shape index (κ1) is 4.93. The van der Waals surface area contributed by atoms with Gasteiger partial charge in [0.2, 0.25) is 0 Å². The molecule has 38 valence electrons.